The molecule has 10 heavy (non-hydrogen) atoms. The Balaban J connectivity index is -0.0000000300. The predicted molar refractivity (Wildman–Crippen MR) is 20.9 cm³/mol. The largest absolute Gasteiger partial charge is 2.00 e. The fourth-order valence-corrected chi connectivity index (χ4v) is 0. The summed E-state index contributed by atoms with van der Waals surface area (Å²) in [7, 11) is 0. The molecule has 0 saturated carbocycles. The van der Waals surface area contributed by atoms with Gasteiger partial charge in [-0.05, 0) is 0 Å². The van der Waals surface area contributed by atoms with Crippen molar-refractivity contribution in [2.75, 3.05) is 0 Å². The van der Waals surface area contributed by atoms with Crippen LogP contribution in [0.1, 0.15) is 0 Å². The van der Waals surface area contributed by atoms with E-state index in [4.69, 9.17) is 24.4 Å². The van der Waals surface area contributed by atoms with Crippen molar-refractivity contribution in [3.63, 3.8) is 0 Å². The zero-order valence-electron chi connectivity index (χ0n) is 5.01. The summed E-state index contributed by atoms with van der Waals surface area (Å²) in [5.74, 6) is 0. The molecule has 0 aromatic heterocycles. The van der Waals surface area contributed by atoms with E-state index in [-0.39, 0.29) is 74.4 Å². The third-order valence-corrected chi connectivity index (χ3v) is 0. The topological polar surface area (TPSA) is 124 Å². The van der Waals surface area contributed by atoms with E-state index in [9.17, 15) is 0 Å². The summed E-state index contributed by atoms with van der Waals surface area (Å²) in [6.07, 6.45) is 0. The van der Waals surface area contributed by atoms with E-state index < -0.39 is 29.0 Å². The molecule has 0 aliphatic carbocycles. The molecule has 6 nitrogen and oxygen atoms in total. The molecule has 0 heterocycles. The van der Waals surface area contributed by atoms with Gasteiger partial charge in [0, 0.05) is 0 Å². The minimum absolute atomic E-state index is 0. The second kappa shape index (κ2) is 17.8. The Morgan fingerprint density at radius 1 is 1.10 bits per heavy atom. The van der Waals surface area contributed by atoms with Gasteiger partial charge in [-0.2, -0.15) is 0 Å². The average Bonchev–Trinajstić information content (AvgIpc) is 1.25. The van der Waals surface area contributed by atoms with Crippen molar-refractivity contribution in [1.82, 2.24) is 0 Å². The van der Waals surface area contributed by atoms with Crippen molar-refractivity contribution >= 4 is 52.0 Å². The third kappa shape index (κ3) is 128. The van der Waals surface area contributed by atoms with Gasteiger partial charge >= 0.3 is 128 Å². The van der Waals surface area contributed by atoms with E-state index in [0.717, 1.165) is 0 Å². The maximum absolute atomic E-state index is 8.65. The van der Waals surface area contributed by atoms with Gasteiger partial charge in [-0.25, -0.2) is 0 Å². The fourth-order valence-electron chi connectivity index (χ4n) is 0. The third-order valence-electron chi connectivity index (χ3n) is 0. The van der Waals surface area contributed by atoms with Gasteiger partial charge in [0.05, 0.1) is 0 Å². The summed E-state index contributed by atoms with van der Waals surface area (Å²) in [6.45, 7) is 0. The van der Waals surface area contributed by atoms with Gasteiger partial charge in [-0.15, -0.1) is 0 Å². The molecule has 0 amide bonds. The molecule has 0 spiro atoms. The van der Waals surface area contributed by atoms with Gasteiger partial charge in [0.1, 0.15) is 0 Å². The van der Waals surface area contributed by atoms with E-state index in [1.165, 1.54) is 0 Å². The molecule has 0 radical (unpaired) electrons. The van der Waals surface area contributed by atoms with Crippen molar-refractivity contribution in [2.24, 2.45) is 0 Å². The first-order chi connectivity index (χ1) is 3.46. The minimum Gasteiger partial charge on any atom is 1.00 e. The molecule has 52 valence electrons. The minimum atomic E-state index is -3.79. The zero-order chi connectivity index (χ0) is 7.15. The summed E-state index contributed by atoms with van der Waals surface area (Å²) in [4.78, 5) is 0. The van der Waals surface area contributed by atoms with E-state index >= 15 is 0 Å². The molecule has 0 saturated heterocycles. The van der Waals surface area contributed by atoms with E-state index in [1.807, 2.05) is 0 Å². The van der Waals surface area contributed by atoms with Crippen LogP contribution in [0.2, 0.25) is 0 Å². The van der Waals surface area contributed by atoms with Crippen molar-refractivity contribution in [1.29, 1.82) is 0 Å². The summed E-state index contributed by atoms with van der Waals surface area (Å²) in [6, 6.07) is 0. The number of hydrogen-bond donors (Lipinski definition) is 1. The van der Waals surface area contributed by atoms with Gasteiger partial charge in [0.25, 0.3) is 0 Å². The summed E-state index contributed by atoms with van der Waals surface area (Å²) in [5, 5.41) is 0. The first-order valence-electron chi connectivity index (χ1n) is 1.02. The SMILES string of the molecule is O=[Se]([O-])O.O=[Se]([O-])[O-].[K+].[Mg+2]. The van der Waals surface area contributed by atoms with Crippen LogP contribution in [0.3, 0.4) is 0 Å². The van der Waals surface area contributed by atoms with Crippen LogP contribution in [-0.2, 0) is 7.67 Å². The first kappa shape index (κ1) is 23.1. The van der Waals surface area contributed by atoms with Crippen molar-refractivity contribution in [3.05, 3.63) is 0 Å². The Morgan fingerprint density at radius 2 is 1.10 bits per heavy atom. The van der Waals surface area contributed by atoms with Gasteiger partial charge in [0.15, 0.2) is 0 Å². The maximum Gasteiger partial charge on any atom is 2.00 e. The Kier molecular flexibility index (Phi) is 41.1. The van der Waals surface area contributed by atoms with Crippen LogP contribution in [0, 0.1) is 0 Å². The molecule has 1 N–H and O–H groups in total. The normalized spacial score (nSPS) is 9.70. The van der Waals surface area contributed by atoms with Crippen molar-refractivity contribution in [2.45, 2.75) is 0 Å². The molecule has 0 bridgehead atoms. The second-order valence-corrected chi connectivity index (χ2v) is 2.19. The Bertz CT molecular complexity index is 73.7. The van der Waals surface area contributed by atoms with E-state index in [1.54, 1.807) is 0 Å². The van der Waals surface area contributed by atoms with Gasteiger partial charge in [-0.3, -0.25) is 0 Å². The Morgan fingerprint density at radius 3 is 1.10 bits per heavy atom. The fraction of sp³-hybridized carbons (Fsp3) is 0. The molecule has 0 fully saturated rings. The van der Waals surface area contributed by atoms with Crippen molar-refractivity contribution in [3.8, 4) is 0 Å². The van der Waals surface area contributed by atoms with Gasteiger partial charge < -0.3 is 0 Å². The molecule has 0 aliphatic rings. The second-order valence-electron chi connectivity index (χ2n) is 0.421. The van der Waals surface area contributed by atoms with Crippen molar-refractivity contribution < 1.29 is 75.8 Å². The summed E-state index contributed by atoms with van der Waals surface area (Å²) < 4.78 is 50.0. The van der Waals surface area contributed by atoms with E-state index in [2.05, 4.69) is 0 Å². The van der Waals surface area contributed by atoms with Gasteiger partial charge in [0.2, 0.25) is 0 Å². The predicted octanol–water partition coefficient (Wildman–Crippen LogP) is -8.50. The number of rotatable bonds is 0. The molecule has 1 unspecified atom stereocenters. The Hall–Kier alpha value is 2.88. The van der Waals surface area contributed by atoms with Crippen LogP contribution in [0.25, 0.3) is 0 Å². The van der Waals surface area contributed by atoms with Crippen LogP contribution in [0.5, 0.6) is 0 Å². The average molecular weight is 318 g/mol. The molecule has 10 heteroatoms. The molecule has 0 rings (SSSR count). The molecule has 0 aromatic rings. The first-order valence-corrected chi connectivity index (χ1v) is 5.28. The molecular weight excluding hydrogens is 317 g/mol. The quantitative estimate of drug-likeness (QED) is 0.442. The number of hydrogen-bond acceptors (Lipinski definition) is 5. The molecule has 0 aliphatic heterocycles. The van der Waals surface area contributed by atoms with Crippen LogP contribution >= 0.6 is 0 Å². The Labute approximate surface area is 125 Å². The zero-order valence-corrected chi connectivity index (χ0v) is 13.0. The van der Waals surface area contributed by atoms with Crippen LogP contribution in [0.15, 0.2) is 0 Å². The smallest absolute Gasteiger partial charge is 1.00 e. The monoisotopic (exact) mass is 320 g/mol. The van der Waals surface area contributed by atoms with Crippen LogP contribution < -0.4 is 64.0 Å². The van der Waals surface area contributed by atoms with Crippen LogP contribution in [0.4, 0.5) is 0 Å². The van der Waals surface area contributed by atoms with Crippen LogP contribution in [-0.4, -0.2) is 56.2 Å². The molecule has 1 atom stereocenters. The molecular formula is HKMgO6Se2. The summed E-state index contributed by atoms with van der Waals surface area (Å²) >= 11 is -7.33. The molecule has 0 aromatic carbocycles. The summed E-state index contributed by atoms with van der Waals surface area (Å²) in [5.41, 5.74) is 0. The maximum atomic E-state index is 8.65. The van der Waals surface area contributed by atoms with E-state index in [0.29, 0.717) is 0 Å². The van der Waals surface area contributed by atoms with Gasteiger partial charge in [-0.1, -0.05) is 0 Å². The standard InChI is InChI=1S/K.Mg.2H2O3Se/c;;2*1-4(2)3/h;;2*(H2,1,2,3)/q+1;+2;;/p-3.